The van der Waals surface area contributed by atoms with Crippen LogP contribution in [0.1, 0.15) is 15.2 Å². The number of thiophene rings is 1. The van der Waals surface area contributed by atoms with E-state index >= 15 is 0 Å². The molecule has 0 aliphatic heterocycles. The summed E-state index contributed by atoms with van der Waals surface area (Å²) in [4.78, 5) is 15.0. The summed E-state index contributed by atoms with van der Waals surface area (Å²) in [6, 6.07) is 8.83. The van der Waals surface area contributed by atoms with Crippen LogP contribution in [0.4, 0.5) is 0 Å². The van der Waals surface area contributed by atoms with Gasteiger partial charge in [-0.25, -0.2) is 0 Å². The highest BCUT2D eigenvalue weighted by molar-refractivity contribution is 9.11. The summed E-state index contributed by atoms with van der Waals surface area (Å²) in [5.74, 6) is -0.142. The van der Waals surface area contributed by atoms with Gasteiger partial charge in [0.2, 0.25) is 0 Å². The standard InChI is InChI=1S/C13H10BrCl2NOS/c1-17(7-9-3-5-12(14)19-9)13(18)10-6-8(15)2-4-11(10)16/h2-6H,7H2,1H3. The van der Waals surface area contributed by atoms with E-state index in [4.69, 9.17) is 23.2 Å². The summed E-state index contributed by atoms with van der Waals surface area (Å²) in [5, 5.41) is 0.911. The van der Waals surface area contributed by atoms with E-state index in [-0.39, 0.29) is 5.91 Å². The normalized spacial score (nSPS) is 10.5. The van der Waals surface area contributed by atoms with Crippen LogP contribution in [0.5, 0.6) is 0 Å². The predicted octanol–water partition coefficient (Wildman–Crippen LogP) is 5.09. The average Bonchev–Trinajstić information content (AvgIpc) is 2.77. The van der Waals surface area contributed by atoms with E-state index in [1.807, 2.05) is 12.1 Å². The van der Waals surface area contributed by atoms with E-state index < -0.39 is 0 Å². The minimum atomic E-state index is -0.142. The van der Waals surface area contributed by atoms with E-state index in [0.29, 0.717) is 22.2 Å². The summed E-state index contributed by atoms with van der Waals surface area (Å²) in [6.45, 7) is 0.540. The van der Waals surface area contributed by atoms with Gasteiger partial charge in [0, 0.05) is 16.9 Å². The van der Waals surface area contributed by atoms with Gasteiger partial charge in [-0.1, -0.05) is 23.2 Å². The molecule has 0 atom stereocenters. The maximum absolute atomic E-state index is 12.3. The molecule has 1 amide bonds. The van der Waals surface area contributed by atoms with Gasteiger partial charge < -0.3 is 4.90 Å². The Kier molecular flexibility index (Phi) is 4.90. The molecule has 0 saturated heterocycles. The van der Waals surface area contributed by atoms with Crippen LogP contribution in [0.15, 0.2) is 34.1 Å². The Morgan fingerprint density at radius 1 is 1.32 bits per heavy atom. The van der Waals surface area contributed by atoms with Gasteiger partial charge >= 0.3 is 0 Å². The Labute approximate surface area is 134 Å². The molecule has 0 unspecified atom stereocenters. The monoisotopic (exact) mass is 377 g/mol. The molecule has 0 aliphatic rings. The number of carbonyl (C=O) groups excluding carboxylic acids is 1. The van der Waals surface area contributed by atoms with Crippen molar-refractivity contribution in [3.8, 4) is 0 Å². The Morgan fingerprint density at radius 2 is 2.05 bits per heavy atom. The van der Waals surface area contributed by atoms with Crippen molar-refractivity contribution in [1.29, 1.82) is 0 Å². The van der Waals surface area contributed by atoms with Gasteiger partial charge in [-0.2, -0.15) is 0 Å². The van der Waals surface area contributed by atoms with Crippen molar-refractivity contribution in [3.63, 3.8) is 0 Å². The largest absolute Gasteiger partial charge is 0.337 e. The second-order valence-corrected chi connectivity index (χ2v) is 7.38. The van der Waals surface area contributed by atoms with Crippen molar-refractivity contribution in [2.75, 3.05) is 7.05 Å². The van der Waals surface area contributed by atoms with Crippen LogP contribution >= 0.6 is 50.5 Å². The Bertz CT molecular complexity index is 614. The lowest BCUT2D eigenvalue weighted by molar-refractivity contribution is 0.0786. The maximum atomic E-state index is 12.3. The molecule has 0 spiro atoms. The molecule has 2 rings (SSSR count). The van der Waals surface area contributed by atoms with Crippen LogP contribution in [0.25, 0.3) is 0 Å². The molecule has 1 heterocycles. The third kappa shape index (κ3) is 3.72. The molecule has 1 aromatic heterocycles. The number of rotatable bonds is 3. The fourth-order valence-electron chi connectivity index (χ4n) is 1.61. The molecule has 0 aliphatic carbocycles. The first-order valence-electron chi connectivity index (χ1n) is 5.42. The van der Waals surface area contributed by atoms with Gasteiger partial charge in [-0.15, -0.1) is 11.3 Å². The third-order valence-electron chi connectivity index (χ3n) is 2.53. The first-order chi connectivity index (χ1) is 8.97. The molecule has 100 valence electrons. The van der Waals surface area contributed by atoms with Gasteiger partial charge in [0.25, 0.3) is 5.91 Å². The summed E-state index contributed by atoms with van der Waals surface area (Å²) < 4.78 is 1.05. The molecule has 0 radical (unpaired) electrons. The zero-order valence-corrected chi connectivity index (χ0v) is 13.9. The van der Waals surface area contributed by atoms with Crippen molar-refractivity contribution in [2.24, 2.45) is 0 Å². The molecule has 0 N–H and O–H groups in total. The van der Waals surface area contributed by atoms with Crippen LogP contribution in [-0.2, 0) is 6.54 Å². The van der Waals surface area contributed by atoms with Crippen LogP contribution in [0, 0.1) is 0 Å². The quantitative estimate of drug-likeness (QED) is 0.728. The van der Waals surface area contributed by atoms with Crippen molar-refractivity contribution >= 4 is 56.4 Å². The zero-order valence-electron chi connectivity index (χ0n) is 9.99. The van der Waals surface area contributed by atoms with Crippen LogP contribution < -0.4 is 0 Å². The second kappa shape index (κ2) is 6.27. The fraction of sp³-hybridized carbons (Fsp3) is 0.154. The molecule has 0 bridgehead atoms. The minimum Gasteiger partial charge on any atom is -0.337 e. The highest BCUT2D eigenvalue weighted by Gasteiger charge is 2.16. The predicted molar refractivity (Wildman–Crippen MR) is 84.3 cm³/mol. The molecule has 0 fully saturated rings. The van der Waals surface area contributed by atoms with E-state index in [0.717, 1.165) is 8.66 Å². The SMILES string of the molecule is CN(Cc1ccc(Br)s1)C(=O)c1cc(Cl)ccc1Cl. The topological polar surface area (TPSA) is 20.3 Å². The highest BCUT2D eigenvalue weighted by atomic mass is 79.9. The number of hydrogen-bond acceptors (Lipinski definition) is 2. The molecule has 2 aromatic rings. The first kappa shape index (κ1) is 14.9. The summed E-state index contributed by atoms with van der Waals surface area (Å²) >= 11 is 16.9. The molecule has 19 heavy (non-hydrogen) atoms. The van der Waals surface area contributed by atoms with E-state index in [1.165, 1.54) is 0 Å². The molecular formula is C13H10BrCl2NOS. The maximum Gasteiger partial charge on any atom is 0.255 e. The Morgan fingerprint density at radius 3 is 2.68 bits per heavy atom. The summed E-state index contributed by atoms with van der Waals surface area (Å²) in [6.07, 6.45) is 0. The zero-order chi connectivity index (χ0) is 14.0. The number of benzene rings is 1. The molecule has 2 nitrogen and oxygen atoms in total. The first-order valence-corrected chi connectivity index (χ1v) is 7.78. The van der Waals surface area contributed by atoms with Gasteiger partial charge in [0.05, 0.1) is 20.9 Å². The second-order valence-electron chi connectivity index (χ2n) is 3.99. The molecular weight excluding hydrogens is 369 g/mol. The molecule has 0 saturated carbocycles. The lowest BCUT2D eigenvalue weighted by Crippen LogP contribution is -2.26. The number of hydrogen-bond donors (Lipinski definition) is 0. The minimum absolute atomic E-state index is 0.142. The fourth-order valence-corrected chi connectivity index (χ4v) is 3.52. The molecule has 1 aromatic carbocycles. The average molecular weight is 379 g/mol. The van der Waals surface area contributed by atoms with Crippen molar-refractivity contribution in [3.05, 3.63) is 54.6 Å². The number of halogens is 3. The van der Waals surface area contributed by atoms with Crippen LogP contribution in [0.2, 0.25) is 10.0 Å². The van der Waals surface area contributed by atoms with Crippen LogP contribution in [-0.4, -0.2) is 17.9 Å². The van der Waals surface area contributed by atoms with Crippen molar-refractivity contribution < 1.29 is 4.79 Å². The van der Waals surface area contributed by atoms with Gasteiger partial charge in [0.15, 0.2) is 0 Å². The van der Waals surface area contributed by atoms with Gasteiger partial charge in [-0.3, -0.25) is 4.79 Å². The number of nitrogens with zero attached hydrogens (tertiary/aromatic N) is 1. The third-order valence-corrected chi connectivity index (χ3v) is 4.70. The lowest BCUT2D eigenvalue weighted by atomic mass is 10.2. The van der Waals surface area contributed by atoms with Crippen molar-refractivity contribution in [1.82, 2.24) is 4.90 Å². The molecule has 6 heteroatoms. The van der Waals surface area contributed by atoms with E-state index in [1.54, 1.807) is 41.5 Å². The van der Waals surface area contributed by atoms with E-state index in [2.05, 4.69) is 15.9 Å². The summed E-state index contributed by atoms with van der Waals surface area (Å²) in [7, 11) is 1.74. The Balaban J connectivity index is 2.16. The van der Waals surface area contributed by atoms with Gasteiger partial charge in [0.1, 0.15) is 0 Å². The van der Waals surface area contributed by atoms with Gasteiger partial charge in [-0.05, 0) is 46.3 Å². The smallest absolute Gasteiger partial charge is 0.255 e. The number of carbonyl (C=O) groups is 1. The van der Waals surface area contributed by atoms with E-state index in [9.17, 15) is 4.79 Å². The summed E-state index contributed by atoms with van der Waals surface area (Å²) in [5.41, 5.74) is 0.423. The number of amides is 1. The van der Waals surface area contributed by atoms with Crippen molar-refractivity contribution in [2.45, 2.75) is 6.54 Å². The Hall–Kier alpha value is -0.550. The van der Waals surface area contributed by atoms with Crippen LogP contribution in [0.3, 0.4) is 0 Å². The lowest BCUT2D eigenvalue weighted by Gasteiger charge is -2.17. The highest BCUT2D eigenvalue weighted by Crippen LogP contribution is 2.25.